The van der Waals surface area contributed by atoms with Crippen molar-refractivity contribution in [2.45, 2.75) is 19.8 Å². The molecule has 7 nitrogen and oxygen atoms in total. The summed E-state index contributed by atoms with van der Waals surface area (Å²) in [6.45, 7) is 3.16. The molecule has 0 aliphatic heterocycles. The number of benzene rings is 1. The number of nitro groups is 1. The maximum absolute atomic E-state index is 12.0. The van der Waals surface area contributed by atoms with E-state index in [9.17, 15) is 14.9 Å². The summed E-state index contributed by atoms with van der Waals surface area (Å²) in [7, 11) is 0. The second kappa shape index (κ2) is 5.18. The zero-order valence-electron chi connectivity index (χ0n) is 12.2. The Morgan fingerprint density at radius 1 is 1.23 bits per heavy atom. The second-order valence-corrected chi connectivity index (χ2v) is 5.31. The molecule has 1 aromatic carbocycles. The Bertz CT molecular complexity index is 903. The lowest BCUT2D eigenvalue weighted by atomic mass is 9.89. The van der Waals surface area contributed by atoms with Crippen LogP contribution in [0.25, 0.3) is 10.9 Å². The van der Waals surface area contributed by atoms with Gasteiger partial charge in [-0.15, -0.1) is 0 Å². The molecule has 0 spiro atoms. The molecule has 2 aromatic heterocycles. The Hall–Kier alpha value is -2.83. The van der Waals surface area contributed by atoms with Crippen molar-refractivity contribution in [2.24, 2.45) is 0 Å². The van der Waals surface area contributed by atoms with Gasteiger partial charge in [0.15, 0.2) is 0 Å². The van der Waals surface area contributed by atoms with Crippen LogP contribution < -0.4 is 5.63 Å². The lowest BCUT2D eigenvalue weighted by Gasteiger charge is -2.12. The molecule has 2 heterocycles. The Morgan fingerprint density at radius 2 is 1.95 bits per heavy atom. The molecule has 0 aliphatic carbocycles. The van der Waals surface area contributed by atoms with Crippen LogP contribution in [0.5, 0.6) is 0 Å². The summed E-state index contributed by atoms with van der Waals surface area (Å²) < 4.78 is 4.79. The van der Waals surface area contributed by atoms with Gasteiger partial charge in [0, 0.05) is 21.5 Å². The Labute approximate surface area is 125 Å². The molecule has 0 amide bonds. The number of aromatic amines is 2. The van der Waals surface area contributed by atoms with Gasteiger partial charge in [0.1, 0.15) is 0 Å². The van der Waals surface area contributed by atoms with E-state index in [2.05, 4.69) is 10.1 Å². The maximum Gasteiger partial charge on any atom is 0.361 e. The highest BCUT2D eigenvalue weighted by Gasteiger charge is 2.30. The van der Waals surface area contributed by atoms with Crippen molar-refractivity contribution in [3.8, 4) is 0 Å². The van der Waals surface area contributed by atoms with Crippen molar-refractivity contribution in [3.05, 3.63) is 67.3 Å². The lowest BCUT2D eigenvalue weighted by molar-refractivity contribution is -0.481. The summed E-state index contributed by atoms with van der Waals surface area (Å²) in [5, 5.41) is 14.5. The average molecular weight is 301 g/mol. The molecule has 114 valence electrons. The molecular formula is C15H15N3O4. The molecule has 3 aromatic rings. The van der Waals surface area contributed by atoms with Crippen LogP contribution in [0.2, 0.25) is 0 Å². The predicted molar refractivity (Wildman–Crippen MR) is 80.8 cm³/mol. The fourth-order valence-corrected chi connectivity index (χ4v) is 3.01. The Morgan fingerprint density at radius 3 is 2.59 bits per heavy atom. The summed E-state index contributed by atoms with van der Waals surface area (Å²) in [6, 6.07) is 7.56. The van der Waals surface area contributed by atoms with E-state index in [-0.39, 0.29) is 6.54 Å². The predicted octanol–water partition coefficient (Wildman–Crippen LogP) is 2.47. The number of hydrogen-bond acceptors (Lipinski definition) is 4. The first-order valence-corrected chi connectivity index (χ1v) is 6.86. The van der Waals surface area contributed by atoms with Crippen LogP contribution >= 0.6 is 0 Å². The molecule has 7 heteroatoms. The summed E-state index contributed by atoms with van der Waals surface area (Å²) in [6.07, 6.45) is 0. The van der Waals surface area contributed by atoms with Gasteiger partial charge in [-0.1, -0.05) is 18.2 Å². The summed E-state index contributed by atoms with van der Waals surface area (Å²) in [5.74, 6) is -0.659. The van der Waals surface area contributed by atoms with E-state index in [1.165, 1.54) is 0 Å². The zero-order valence-corrected chi connectivity index (χ0v) is 12.2. The van der Waals surface area contributed by atoms with Gasteiger partial charge in [-0.05, 0) is 25.5 Å². The van der Waals surface area contributed by atoms with Gasteiger partial charge in [0.2, 0.25) is 6.54 Å². The van der Waals surface area contributed by atoms with Gasteiger partial charge in [0.25, 0.3) is 0 Å². The van der Waals surface area contributed by atoms with Crippen molar-refractivity contribution in [1.29, 1.82) is 0 Å². The second-order valence-electron chi connectivity index (χ2n) is 5.31. The number of nitrogens with one attached hydrogen (secondary N) is 2. The van der Waals surface area contributed by atoms with Crippen molar-refractivity contribution in [1.82, 2.24) is 10.1 Å². The van der Waals surface area contributed by atoms with E-state index in [1.54, 1.807) is 6.92 Å². The van der Waals surface area contributed by atoms with Crippen LogP contribution in [0.15, 0.2) is 33.6 Å². The van der Waals surface area contributed by atoms with Gasteiger partial charge >= 0.3 is 5.63 Å². The largest absolute Gasteiger partial charge is 0.361 e. The van der Waals surface area contributed by atoms with Crippen LogP contribution in [-0.4, -0.2) is 21.6 Å². The van der Waals surface area contributed by atoms with Crippen LogP contribution in [0.3, 0.4) is 0 Å². The Kier molecular flexibility index (Phi) is 3.32. The smallest absolute Gasteiger partial charge is 0.358 e. The highest BCUT2D eigenvalue weighted by molar-refractivity contribution is 5.85. The molecule has 1 atom stereocenters. The summed E-state index contributed by atoms with van der Waals surface area (Å²) >= 11 is 0. The number of hydrogen-bond donors (Lipinski definition) is 2. The molecule has 2 N–H and O–H groups in total. The zero-order chi connectivity index (χ0) is 15.9. The van der Waals surface area contributed by atoms with E-state index in [0.29, 0.717) is 11.3 Å². The number of H-pyrrole nitrogens is 2. The monoisotopic (exact) mass is 301 g/mol. The minimum Gasteiger partial charge on any atom is -0.358 e. The highest BCUT2D eigenvalue weighted by atomic mass is 16.6. The number of aromatic nitrogens is 2. The number of nitrogens with zero attached hydrogens (tertiary/aromatic N) is 1. The van der Waals surface area contributed by atoms with E-state index in [1.807, 2.05) is 31.2 Å². The third-order valence-electron chi connectivity index (χ3n) is 3.89. The molecule has 0 aliphatic rings. The van der Waals surface area contributed by atoms with Crippen LogP contribution in [0, 0.1) is 24.0 Å². The average Bonchev–Trinajstić information content (AvgIpc) is 2.96. The van der Waals surface area contributed by atoms with E-state index in [4.69, 9.17) is 4.52 Å². The third kappa shape index (κ3) is 2.20. The van der Waals surface area contributed by atoms with Gasteiger partial charge in [-0.25, -0.2) is 9.95 Å². The minimum absolute atomic E-state index is 0.310. The van der Waals surface area contributed by atoms with Crippen molar-refractivity contribution < 1.29 is 9.45 Å². The number of para-hydroxylation sites is 1. The van der Waals surface area contributed by atoms with Gasteiger partial charge in [-0.3, -0.25) is 10.1 Å². The highest BCUT2D eigenvalue weighted by Crippen LogP contribution is 2.33. The fraction of sp³-hybridized carbons (Fsp3) is 0.267. The number of aryl methyl sites for hydroxylation is 2. The molecule has 0 saturated heterocycles. The quantitative estimate of drug-likeness (QED) is 0.570. The molecule has 0 fully saturated rings. The van der Waals surface area contributed by atoms with Crippen molar-refractivity contribution >= 4 is 10.9 Å². The Balaban J connectivity index is 2.27. The maximum atomic E-state index is 12.0. The van der Waals surface area contributed by atoms with E-state index >= 15 is 0 Å². The molecule has 0 saturated carbocycles. The molecule has 22 heavy (non-hydrogen) atoms. The standard InChI is InChI=1S/C15H15N3O4/c1-8-13(10-5-3-4-6-12(10)16-8)11(7-18(20)21)14-9(2)17-22-15(14)19/h3-6,11,16-17H,7H2,1-2H3. The molecular weight excluding hydrogens is 286 g/mol. The summed E-state index contributed by atoms with van der Waals surface area (Å²) in [5.41, 5.74) is 2.73. The minimum atomic E-state index is -0.659. The SMILES string of the molecule is Cc1[nH]oc(=O)c1C(C[N+](=O)[O-])c1c(C)[nH]c2ccccc12. The van der Waals surface area contributed by atoms with Crippen LogP contribution in [-0.2, 0) is 0 Å². The van der Waals surface area contributed by atoms with Crippen molar-refractivity contribution in [3.63, 3.8) is 0 Å². The van der Waals surface area contributed by atoms with E-state index < -0.39 is 16.5 Å². The third-order valence-corrected chi connectivity index (χ3v) is 3.89. The fourth-order valence-electron chi connectivity index (χ4n) is 3.01. The molecule has 1 unspecified atom stereocenters. The number of fused-ring (bicyclic) bond motifs is 1. The molecule has 3 rings (SSSR count). The normalized spacial score (nSPS) is 12.6. The first-order chi connectivity index (χ1) is 10.5. The first-order valence-electron chi connectivity index (χ1n) is 6.86. The van der Waals surface area contributed by atoms with Crippen molar-refractivity contribution in [2.75, 3.05) is 6.54 Å². The van der Waals surface area contributed by atoms with Gasteiger partial charge in [0.05, 0.1) is 17.2 Å². The topological polar surface area (TPSA) is 105 Å². The van der Waals surface area contributed by atoms with Gasteiger partial charge in [-0.2, -0.15) is 0 Å². The molecule has 0 radical (unpaired) electrons. The van der Waals surface area contributed by atoms with E-state index in [0.717, 1.165) is 22.2 Å². The van der Waals surface area contributed by atoms with Crippen LogP contribution in [0.1, 0.15) is 28.4 Å². The van der Waals surface area contributed by atoms with Gasteiger partial charge < -0.3 is 9.51 Å². The van der Waals surface area contributed by atoms with Crippen LogP contribution in [0.4, 0.5) is 0 Å². The molecule has 0 bridgehead atoms. The first kappa shape index (κ1) is 14.1. The lowest BCUT2D eigenvalue weighted by Crippen LogP contribution is -2.20. The number of rotatable bonds is 4. The summed E-state index contributed by atoms with van der Waals surface area (Å²) in [4.78, 5) is 25.9.